The first kappa shape index (κ1) is 16.8. The molecule has 1 aromatic heterocycles. The number of ketones is 1. The van der Waals surface area contributed by atoms with Crippen molar-refractivity contribution in [1.29, 1.82) is 0 Å². The molecule has 6 nitrogen and oxygen atoms in total. The van der Waals surface area contributed by atoms with Crippen LogP contribution in [0.1, 0.15) is 49.4 Å². The zero-order chi connectivity index (χ0) is 17.1. The SMILES string of the molecule is CC(=O)c1c(C)[nH]c(C(=O)NNC(=O)c2ccc(Cl)cc2)c1C. The molecule has 23 heavy (non-hydrogen) atoms. The van der Waals surface area contributed by atoms with Gasteiger partial charge in [0.15, 0.2) is 5.78 Å². The van der Waals surface area contributed by atoms with Gasteiger partial charge >= 0.3 is 0 Å². The number of hydrogen-bond donors (Lipinski definition) is 3. The summed E-state index contributed by atoms with van der Waals surface area (Å²) < 4.78 is 0. The highest BCUT2D eigenvalue weighted by atomic mass is 35.5. The molecule has 0 aliphatic rings. The zero-order valence-corrected chi connectivity index (χ0v) is 13.7. The Hall–Kier alpha value is -2.60. The van der Waals surface area contributed by atoms with Crippen molar-refractivity contribution in [3.8, 4) is 0 Å². The first-order chi connectivity index (χ1) is 10.8. The summed E-state index contributed by atoms with van der Waals surface area (Å²) in [6, 6.07) is 6.25. The molecule has 0 fully saturated rings. The van der Waals surface area contributed by atoms with Crippen LogP contribution in [-0.4, -0.2) is 22.6 Å². The summed E-state index contributed by atoms with van der Waals surface area (Å²) in [7, 11) is 0. The minimum atomic E-state index is -0.527. The van der Waals surface area contributed by atoms with E-state index in [0.717, 1.165) is 0 Å². The van der Waals surface area contributed by atoms with Crippen molar-refractivity contribution < 1.29 is 14.4 Å². The molecular formula is C16H16ClN3O3. The molecule has 0 spiro atoms. The number of aryl methyl sites for hydroxylation is 1. The number of aromatic amines is 1. The molecule has 0 aliphatic heterocycles. The third-order valence-electron chi connectivity index (χ3n) is 3.41. The van der Waals surface area contributed by atoms with E-state index < -0.39 is 11.8 Å². The van der Waals surface area contributed by atoms with Gasteiger partial charge in [-0.1, -0.05) is 11.6 Å². The second-order valence-electron chi connectivity index (χ2n) is 5.10. The van der Waals surface area contributed by atoms with E-state index in [-0.39, 0.29) is 11.5 Å². The highest BCUT2D eigenvalue weighted by Gasteiger charge is 2.20. The van der Waals surface area contributed by atoms with Crippen LogP contribution in [0.3, 0.4) is 0 Å². The molecule has 0 bridgehead atoms. The van der Waals surface area contributed by atoms with Crippen molar-refractivity contribution in [3.05, 3.63) is 57.4 Å². The van der Waals surface area contributed by atoms with Crippen LogP contribution in [0.4, 0.5) is 0 Å². The van der Waals surface area contributed by atoms with Crippen LogP contribution >= 0.6 is 11.6 Å². The first-order valence-electron chi connectivity index (χ1n) is 6.87. The Morgan fingerprint density at radius 1 is 1.00 bits per heavy atom. The van der Waals surface area contributed by atoms with Gasteiger partial charge in [-0.15, -0.1) is 0 Å². The van der Waals surface area contributed by atoms with Crippen molar-refractivity contribution >= 4 is 29.2 Å². The number of halogens is 1. The number of rotatable bonds is 3. The number of benzene rings is 1. The van der Waals surface area contributed by atoms with Gasteiger partial charge in [0.05, 0.1) is 0 Å². The summed E-state index contributed by atoms with van der Waals surface area (Å²) in [5.41, 5.74) is 6.88. The Bertz CT molecular complexity index is 779. The molecule has 1 heterocycles. The van der Waals surface area contributed by atoms with E-state index in [9.17, 15) is 14.4 Å². The van der Waals surface area contributed by atoms with Crippen LogP contribution < -0.4 is 10.9 Å². The number of carbonyl (C=O) groups is 3. The lowest BCUT2D eigenvalue weighted by molar-refractivity contribution is 0.0844. The van der Waals surface area contributed by atoms with Gasteiger partial charge in [0.2, 0.25) is 0 Å². The molecule has 0 saturated carbocycles. The van der Waals surface area contributed by atoms with Gasteiger partial charge in [-0.3, -0.25) is 25.2 Å². The molecule has 0 saturated heterocycles. The fourth-order valence-corrected chi connectivity index (χ4v) is 2.48. The van der Waals surface area contributed by atoms with E-state index >= 15 is 0 Å². The second kappa shape index (κ2) is 6.66. The number of H-pyrrole nitrogens is 1. The number of nitrogens with one attached hydrogen (secondary N) is 3. The Balaban J connectivity index is 2.08. The maximum absolute atomic E-state index is 12.2. The van der Waals surface area contributed by atoms with Crippen LogP contribution in [-0.2, 0) is 0 Å². The topological polar surface area (TPSA) is 91.1 Å². The quantitative estimate of drug-likeness (QED) is 0.595. The zero-order valence-electron chi connectivity index (χ0n) is 12.9. The maximum Gasteiger partial charge on any atom is 0.286 e. The Morgan fingerprint density at radius 2 is 1.57 bits per heavy atom. The predicted molar refractivity (Wildman–Crippen MR) is 86.7 cm³/mol. The Morgan fingerprint density at radius 3 is 2.09 bits per heavy atom. The first-order valence-corrected chi connectivity index (χ1v) is 7.25. The summed E-state index contributed by atoms with van der Waals surface area (Å²) >= 11 is 5.75. The van der Waals surface area contributed by atoms with Crippen molar-refractivity contribution in [2.45, 2.75) is 20.8 Å². The summed E-state index contributed by atoms with van der Waals surface area (Å²) in [6.45, 7) is 4.83. The standard InChI is InChI=1S/C16H16ClN3O3/c1-8-13(10(3)21)9(2)18-14(8)16(23)20-19-15(22)11-4-6-12(17)7-5-11/h4-7,18H,1-3H3,(H,19,22)(H,20,23). The molecule has 0 aliphatic carbocycles. The van der Waals surface area contributed by atoms with E-state index in [1.54, 1.807) is 38.1 Å². The van der Waals surface area contributed by atoms with Gasteiger partial charge in [-0.05, 0) is 50.6 Å². The lowest BCUT2D eigenvalue weighted by atomic mass is 10.1. The minimum Gasteiger partial charge on any atom is -0.354 e. The Kier molecular flexibility index (Phi) is 4.86. The molecule has 2 aromatic rings. The van der Waals surface area contributed by atoms with Crippen LogP contribution in [0.25, 0.3) is 0 Å². The second-order valence-corrected chi connectivity index (χ2v) is 5.53. The van der Waals surface area contributed by atoms with E-state index in [1.807, 2.05) is 0 Å². The van der Waals surface area contributed by atoms with E-state index in [1.165, 1.54) is 6.92 Å². The highest BCUT2D eigenvalue weighted by molar-refractivity contribution is 6.30. The summed E-state index contributed by atoms with van der Waals surface area (Å²) in [5, 5.41) is 0.514. The van der Waals surface area contributed by atoms with Crippen LogP contribution in [0.15, 0.2) is 24.3 Å². The van der Waals surface area contributed by atoms with Crippen molar-refractivity contribution in [2.75, 3.05) is 0 Å². The molecule has 0 atom stereocenters. The summed E-state index contributed by atoms with van der Waals surface area (Å²) in [6.07, 6.45) is 0. The summed E-state index contributed by atoms with van der Waals surface area (Å²) in [5.74, 6) is -1.12. The van der Waals surface area contributed by atoms with Gasteiger partial charge in [-0.2, -0.15) is 0 Å². The Labute approximate surface area is 138 Å². The molecule has 0 radical (unpaired) electrons. The average molecular weight is 334 g/mol. The maximum atomic E-state index is 12.2. The smallest absolute Gasteiger partial charge is 0.286 e. The minimum absolute atomic E-state index is 0.125. The van der Waals surface area contributed by atoms with Crippen LogP contribution in [0, 0.1) is 13.8 Å². The molecule has 2 amide bonds. The number of hydrogen-bond acceptors (Lipinski definition) is 3. The summed E-state index contributed by atoms with van der Waals surface area (Å²) in [4.78, 5) is 38.5. The van der Waals surface area contributed by atoms with Gasteiger partial charge in [0, 0.05) is 21.8 Å². The van der Waals surface area contributed by atoms with Gasteiger partial charge in [0.1, 0.15) is 5.69 Å². The molecule has 120 valence electrons. The van der Waals surface area contributed by atoms with E-state index in [0.29, 0.717) is 27.4 Å². The van der Waals surface area contributed by atoms with Crippen molar-refractivity contribution in [1.82, 2.24) is 15.8 Å². The van der Waals surface area contributed by atoms with Gasteiger partial charge in [-0.25, -0.2) is 0 Å². The van der Waals surface area contributed by atoms with Crippen molar-refractivity contribution in [2.24, 2.45) is 0 Å². The van der Waals surface area contributed by atoms with Gasteiger partial charge in [0.25, 0.3) is 11.8 Å². The number of aromatic nitrogens is 1. The van der Waals surface area contributed by atoms with Crippen LogP contribution in [0.2, 0.25) is 5.02 Å². The fourth-order valence-electron chi connectivity index (χ4n) is 2.35. The molecule has 2 rings (SSSR count). The van der Waals surface area contributed by atoms with Gasteiger partial charge < -0.3 is 4.98 Å². The number of carbonyl (C=O) groups excluding carboxylic acids is 3. The molecule has 0 unspecified atom stereocenters. The monoisotopic (exact) mass is 333 g/mol. The number of amides is 2. The lowest BCUT2D eigenvalue weighted by Crippen LogP contribution is -2.42. The average Bonchev–Trinajstić information content (AvgIpc) is 2.80. The molecule has 1 aromatic carbocycles. The number of hydrazine groups is 1. The van der Waals surface area contributed by atoms with E-state index in [2.05, 4.69) is 15.8 Å². The van der Waals surface area contributed by atoms with Crippen LogP contribution in [0.5, 0.6) is 0 Å². The van der Waals surface area contributed by atoms with E-state index in [4.69, 9.17) is 11.6 Å². The highest BCUT2D eigenvalue weighted by Crippen LogP contribution is 2.18. The largest absolute Gasteiger partial charge is 0.354 e. The predicted octanol–water partition coefficient (Wildman–Crippen LogP) is 2.56. The lowest BCUT2D eigenvalue weighted by Gasteiger charge is -2.07. The fraction of sp³-hybridized carbons (Fsp3) is 0.188. The molecule has 3 N–H and O–H groups in total. The molecule has 7 heteroatoms. The normalized spacial score (nSPS) is 10.3. The third-order valence-corrected chi connectivity index (χ3v) is 3.66. The third kappa shape index (κ3) is 3.60. The molecular weight excluding hydrogens is 318 g/mol. The van der Waals surface area contributed by atoms with Crippen molar-refractivity contribution in [3.63, 3.8) is 0 Å². The number of Topliss-reactive ketones (excluding diaryl/α,β-unsaturated/α-hetero) is 1.